The van der Waals surface area contributed by atoms with Crippen LogP contribution in [0.2, 0.25) is 0 Å². The Labute approximate surface area is 227 Å². The fourth-order valence-electron chi connectivity index (χ4n) is 3.63. The van der Waals surface area contributed by atoms with Crippen molar-refractivity contribution in [2.24, 2.45) is 20.7 Å². The minimum absolute atomic E-state index is 0.0573. The molecule has 0 saturated heterocycles. The van der Waals surface area contributed by atoms with Crippen LogP contribution in [-0.2, 0) is 6.42 Å². The number of amidine groups is 1. The van der Waals surface area contributed by atoms with Crippen LogP contribution >= 0.6 is 0 Å². The third kappa shape index (κ3) is 8.19. The number of halogens is 2. The number of allylic oxidation sites excluding steroid dienone is 2. The molecule has 6 nitrogen and oxygen atoms in total. The van der Waals surface area contributed by atoms with Gasteiger partial charge >= 0.3 is 0 Å². The maximum absolute atomic E-state index is 14.9. The molecule has 0 radical (unpaired) electrons. The van der Waals surface area contributed by atoms with Crippen molar-refractivity contribution in [2.45, 2.75) is 6.42 Å². The van der Waals surface area contributed by atoms with Gasteiger partial charge in [0.05, 0.1) is 5.70 Å². The van der Waals surface area contributed by atoms with Crippen LogP contribution in [0.3, 0.4) is 0 Å². The zero-order valence-corrected chi connectivity index (χ0v) is 21.7. The topological polar surface area (TPSA) is 87.2 Å². The van der Waals surface area contributed by atoms with Crippen LogP contribution in [0.5, 0.6) is 0 Å². The van der Waals surface area contributed by atoms with Crippen LogP contribution in [0.1, 0.15) is 16.7 Å². The number of anilines is 1. The fraction of sp³-hybridized carbons (Fsp3) is 0.0645. The summed E-state index contributed by atoms with van der Waals surface area (Å²) in [6, 6.07) is 18.5. The van der Waals surface area contributed by atoms with Crippen molar-refractivity contribution < 1.29 is 8.78 Å². The van der Waals surface area contributed by atoms with Crippen LogP contribution < -0.4 is 16.4 Å². The van der Waals surface area contributed by atoms with E-state index in [-0.39, 0.29) is 17.3 Å². The molecule has 39 heavy (non-hydrogen) atoms. The third-order valence-electron chi connectivity index (χ3n) is 5.48. The Hall–Kier alpha value is -5.11. The fourth-order valence-corrected chi connectivity index (χ4v) is 3.63. The van der Waals surface area contributed by atoms with Gasteiger partial charge < -0.3 is 16.4 Å². The second-order valence-corrected chi connectivity index (χ2v) is 8.34. The normalized spacial score (nSPS) is 12.3. The Kier molecular flexibility index (Phi) is 10.2. The first-order valence-corrected chi connectivity index (χ1v) is 11.9. The van der Waals surface area contributed by atoms with Crippen molar-refractivity contribution in [1.82, 2.24) is 5.32 Å². The number of benzene rings is 3. The van der Waals surface area contributed by atoms with Gasteiger partial charge in [-0.05, 0) is 66.2 Å². The van der Waals surface area contributed by atoms with Crippen LogP contribution in [0.4, 0.5) is 20.2 Å². The SMILES string of the molecule is C=CC(=C)Nc1ccc(F)c(N=C(N/C(C=NC)=C/N)/C(=C\N=C)c2ccc(Cc3cccc(F)c3)cc2)c1. The van der Waals surface area contributed by atoms with Gasteiger partial charge in [0.15, 0.2) is 0 Å². The van der Waals surface area contributed by atoms with Crippen molar-refractivity contribution in [2.75, 3.05) is 12.4 Å². The van der Waals surface area contributed by atoms with Crippen molar-refractivity contribution in [3.8, 4) is 0 Å². The number of aliphatic imine (C=N–C) groups is 3. The number of rotatable bonds is 11. The number of hydrogen-bond acceptors (Lipinski definition) is 5. The monoisotopic (exact) mass is 524 g/mol. The summed E-state index contributed by atoms with van der Waals surface area (Å²) in [5, 5.41) is 6.15. The van der Waals surface area contributed by atoms with Gasteiger partial charge in [-0.2, -0.15) is 0 Å². The molecule has 3 rings (SSSR count). The summed E-state index contributed by atoms with van der Waals surface area (Å²) >= 11 is 0. The quantitative estimate of drug-likeness (QED) is 0.151. The molecule has 0 bridgehead atoms. The second kappa shape index (κ2) is 14.0. The molecule has 4 N–H and O–H groups in total. The molecule has 0 saturated carbocycles. The molecule has 0 amide bonds. The van der Waals surface area contributed by atoms with Crippen LogP contribution in [0, 0.1) is 11.6 Å². The molecule has 0 spiro atoms. The molecule has 8 heteroatoms. The summed E-state index contributed by atoms with van der Waals surface area (Å²) in [7, 11) is 1.60. The predicted octanol–water partition coefficient (Wildman–Crippen LogP) is 6.53. The lowest BCUT2D eigenvalue weighted by atomic mass is 10.00. The zero-order chi connectivity index (χ0) is 28.2. The molecule has 0 heterocycles. The van der Waals surface area contributed by atoms with Crippen LogP contribution in [-0.4, -0.2) is 25.8 Å². The number of nitrogens with two attached hydrogens (primary N) is 1. The molecule has 0 unspecified atom stereocenters. The highest BCUT2D eigenvalue weighted by Crippen LogP contribution is 2.26. The Balaban J connectivity index is 2.05. The lowest BCUT2D eigenvalue weighted by Gasteiger charge is -2.15. The summed E-state index contributed by atoms with van der Waals surface area (Å²) in [4.78, 5) is 12.6. The summed E-state index contributed by atoms with van der Waals surface area (Å²) in [5.41, 5.74) is 10.5. The first-order valence-electron chi connectivity index (χ1n) is 11.9. The molecule has 0 aliphatic carbocycles. The lowest BCUT2D eigenvalue weighted by molar-refractivity contribution is 0.626. The molecule has 0 aliphatic rings. The Morgan fingerprint density at radius 1 is 1.03 bits per heavy atom. The number of nitrogens with zero attached hydrogens (tertiary/aromatic N) is 3. The Morgan fingerprint density at radius 3 is 2.44 bits per heavy atom. The Morgan fingerprint density at radius 2 is 1.79 bits per heavy atom. The first kappa shape index (κ1) is 28.5. The van der Waals surface area contributed by atoms with Crippen LogP contribution in [0.15, 0.2) is 125 Å². The van der Waals surface area contributed by atoms with E-state index in [1.165, 1.54) is 36.8 Å². The highest BCUT2D eigenvalue weighted by Gasteiger charge is 2.14. The molecule has 198 valence electrons. The largest absolute Gasteiger partial charge is 0.403 e. The molecular formula is C31H30F2N6. The van der Waals surface area contributed by atoms with Gasteiger partial charge in [0.2, 0.25) is 0 Å². The zero-order valence-electron chi connectivity index (χ0n) is 21.7. The van der Waals surface area contributed by atoms with Crippen molar-refractivity contribution >= 4 is 35.7 Å². The molecule has 3 aromatic rings. The van der Waals surface area contributed by atoms with E-state index in [1.807, 2.05) is 30.3 Å². The van der Waals surface area contributed by atoms with Crippen molar-refractivity contribution in [3.63, 3.8) is 0 Å². The number of hydrogen-bond donors (Lipinski definition) is 3. The average molecular weight is 525 g/mol. The highest BCUT2D eigenvalue weighted by atomic mass is 19.1. The summed E-state index contributed by atoms with van der Waals surface area (Å²) in [6.07, 6.45) is 6.47. The van der Waals surface area contributed by atoms with E-state index in [2.05, 4.69) is 45.5 Å². The average Bonchev–Trinajstić information content (AvgIpc) is 2.93. The smallest absolute Gasteiger partial charge is 0.149 e. The second-order valence-electron chi connectivity index (χ2n) is 8.34. The van der Waals surface area contributed by atoms with Gasteiger partial charge in [-0.1, -0.05) is 49.6 Å². The maximum Gasteiger partial charge on any atom is 0.149 e. The van der Waals surface area contributed by atoms with E-state index in [4.69, 9.17) is 5.73 Å². The van der Waals surface area contributed by atoms with E-state index >= 15 is 0 Å². The van der Waals surface area contributed by atoms with Crippen molar-refractivity contribution in [1.29, 1.82) is 0 Å². The van der Waals surface area contributed by atoms with E-state index < -0.39 is 5.82 Å². The van der Waals surface area contributed by atoms with Crippen molar-refractivity contribution in [3.05, 3.63) is 138 Å². The molecule has 0 aliphatic heterocycles. The minimum atomic E-state index is -0.539. The van der Waals surface area contributed by atoms with E-state index in [0.29, 0.717) is 29.1 Å². The standard InChI is InChI=1S/C31H30F2N6/c1-5-21(2)37-26-13-14-29(33)30(17-26)39-31(38-27(18-34)19-35-3)28(20-36-4)24-11-9-22(10-12-24)15-23-7-6-8-25(32)16-23/h5-14,16-20,37H,1-2,4,15,34H2,3H3,(H,38,39)/b27-18+,28-20-,35-19?. The van der Waals surface area contributed by atoms with Gasteiger partial charge in [0, 0.05) is 42.6 Å². The predicted molar refractivity (Wildman–Crippen MR) is 159 cm³/mol. The van der Waals surface area contributed by atoms with Gasteiger partial charge in [-0.15, -0.1) is 0 Å². The van der Waals surface area contributed by atoms with Gasteiger partial charge in [0.25, 0.3) is 0 Å². The number of nitrogens with one attached hydrogen (secondary N) is 2. The first-order chi connectivity index (χ1) is 18.9. The molecule has 0 atom stereocenters. The molecule has 3 aromatic carbocycles. The molecule has 0 fully saturated rings. The van der Waals surface area contributed by atoms with Crippen LogP contribution in [0.25, 0.3) is 5.57 Å². The molecule has 0 aromatic heterocycles. The highest BCUT2D eigenvalue weighted by molar-refractivity contribution is 6.24. The van der Waals surface area contributed by atoms with Gasteiger partial charge in [-0.25, -0.2) is 13.8 Å². The van der Waals surface area contributed by atoms with Gasteiger partial charge in [-0.3, -0.25) is 9.98 Å². The third-order valence-corrected chi connectivity index (χ3v) is 5.48. The van der Waals surface area contributed by atoms with E-state index in [0.717, 1.165) is 16.7 Å². The van der Waals surface area contributed by atoms with E-state index in [1.54, 1.807) is 31.3 Å². The summed E-state index contributed by atoms with van der Waals surface area (Å²) in [5.74, 6) is -0.559. The molecular weight excluding hydrogens is 494 g/mol. The summed E-state index contributed by atoms with van der Waals surface area (Å²) < 4.78 is 28.5. The Bertz CT molecular complexity index is 1470. The summed E-state index contributed by atoms with van der Waals surface area (Å²) in [6.45, 7) is 11.1. The minimum Gasteiger partial charge on any atom is -0.403 e. The lowest BCUT2D eigenvalue weighted by Crippen LogP contribution is -2.26. The van der Waals surface area contributed by atoms with E-state index in [9.17, 15) is 8.78 Å². The maximum atomic E-state index is 14.9. The van der Waals surface area contributed by atoms with Gasteiger partial charge in [0.1, 0.15) is 23.2 Å².